The van der Waals surface area contributed by atoms with Crippen LogP contribution >= 0.6 is 31.9 Å². The van der Waals surface area contributed by atoms with E-state index in [2.05, 4.69) is 37.2 Å². The molecule has 1 aromatic carbocycles. The molecule has 0 saturated carbocycles. The molecule has 0 aliphatic rings. The highest BCUT2D eigenvalue weighted by molar-refractivity contribution is 9.11. The smallest absolute Gasteiger partial charge is 0.303 e. The Balaban J connectivity index is 2.65. The van der Waals surface area contributed by atoms with Crippen molar-refractivity contribution in [2.75, 3.05) is 6.54 Å². The maximum Gasteiger partial charge on any atom is 0.303 e. The molecule has 0 aliphatic carbocycles. The molecule has 2 N–H and O–H groups in total. The van der Waals surface area contributed by atoms with Crippen LogP contribution in [-0.2, 0) is 4.79 Å². The van der Waals surface area contributed by atoms with Crippen LogP contribution < -0.4 is 5.32 Å². The second-order valence-electron chi connectivity index (χ2n) is 5.46. The number of aliphatic carboxylic acids is 1. The molecule has 0 aromatic heterocycles. The van der Waals surface area contributed by atoms with Gasteiger partial charge >= 0.3 is 5.97 Å². The van der Waals surface area contributed by atoms with Gasteiger partial charge in [-0.05, 0) is 36.5 Å². The number of halogens is 2. The van der Waals surface area contributed by atoms with Gasteiger partial charge < -0.3 is 10.4 Å². The zero-order valence-electron chi connectivity index (χ0n) is 12.0. The molecule has 6 heteroatoms. The number of hydrogen-bond acceptors (Lipinski definition) is 2. The van der Waals surface area contributed by atoms with Gasteiger partial charge in [0.1, 0.15) is 0 Å². The highest BCUT2D eigenvalue weighted by atomic mass is 79.9. The zero-order chi connectivity index (χ0) is 16.0. The van der Waals surface area contributed by atoms with Crippen LogP contribution in [0, 0.1) is 11.8 Å². The molecule has 0 fully saturated rings. The van der Waals surface area contributed by atoms with E-state index in [4.69, 9.17) is 5.11 Å². The van der Waals surface area contributed by atoms with Crippen molar-refractivity contribution in [3.63, 3.8) is 0 Å². The molecule has 4 nitrogen and oxygen atoms in total. The fraction of sp³-hybridized carbons (Fsp3) is 0.467. The molecule has 0 unspecified atom stereocenters. The molecule has 0 saturated heterocycles. The Morgan fingerprint density at radius 3 is 2.24 bits per heavy atom. The molecule has 0 radical (unpaired) electrons. The predicted octanol–water partition coefficient (Wildman–Crippen LogP) is 4.08. The molecule has 0 aliphatic heterocycles. The van der Waals surface area contributed by atoms with E-state index in [9.17, 15) is 9.59 Å². The fourth-order valence-electron chi connectivity index (χ4n) is 2.18. The van der Waals surface area contributed by atoms with Crippen molar-refractivity contribution < 1.29 is 14.7 Å². The standard InChI is InChI=1S/C15H19Br2NO3/c1-9(2)3-10(4-14(19)20)8-18-15(21)11-5-12(16)7-13(17)6-11/h5-7,9-10H,3-4,8H2,1-2H3,(H,18,21)(H,19,20)/t10-/m0/s1. The lowest BCUT2D eigenvalue weighted by Crippen LogP contribution is -2.31. The Labute approximate surface area is 141 Å². The van der Waals surface area contributed by atoms with E-state index in [-0.39, 0.29) is 18.2 Å². The largest absolute Gasteiger partial charge is 0.481 e. The number of amides is 1. The number of benzene rings is 1. The van der Waals surface area contributed by atoms with Gasteiger partial charge in [0.25, 0.3) is 5.91 Å². The topological polar surface area (TPSA) is 66.4 Å². The molecule has 1 amide bonds. The lowest BCUT2D eigenvalue weighted by atomic mass is 9.94. The summed E-state index contributed by atoms with van der Waals surface area (Å²) in [4.78, 5) is 23.0. The van der Waals surface area contributed by atoms with Gasteiger partial charge in [-0.25, -0.2) is 0 Å². The van der Waals surface area contributed by atoms with E-state index >= 15 is 0 Å². The van der Waals surface area contributed by atoms with Gasteiger partial charge in [0.15, 0.2) is 0 Å². The molecule has 1 atom stereocenters. The molecule has 0 heterocycles. The normalized spacial score (nSPS) is 12.2. The summed E-state index contributed by atoms with van der Waals surface area (Å²) in [7, 11) is 0. The van der Waals surface area contributed by atoms with Crippen LogP contribution in [0.1, 0.15) is 37.0 Å². The van der Waals surface area contributed by atoms with Gasteiger partial charge in [-0.15, -0.1) is 0 Å². The minimum atomic E-state index is -0.833. The van der Waals surface area contributed by atoms with Crippen LogP contribution in [0.25, 0.3) is 0 Å². The Kier molecular flexibility index (Phi) is 7.39. The van der Waals surface area contributed by atoms with Crippen molar-refractivity contribution in [2.45, 2.75) is 26.7 Å². The fourth-order valence-corrected chi connectivity index (χ4v) is 3.47. The summed E-state index contributed by atoms with van der Waals surface area (Å²) >= 11 is 6.68. The Hall–Kier alpha value is -0.880. The van der Waals surface area contributed by atoms with Crippen molar-refractivity contribution in [3.05, 3.63) is 32.7 Å². The average Bonchev–Trinajstić information content (AvgIpc) is 2.32. The third-order valence-electron chi connectivity index (χ3n) is 2.94. The van der Waals surface area contributed by atoms with E-state index < -0.39 is 5.97 Å². The SMILES string of the molecule is CC(C)C[C@H](CNC(=O)c1cc(Br)cc(Br)c1)CC(=O)O. The quantitative estimate of drug-likeness (QED) is 0.698. The van der Waals surface area contributed by atoms with Gasteiger partial charge in [0.2, 0.25) is 0 Å². The summed E-state index contributed by atoms with van der Waals surface area (Å²) in [5.74, 6) is -0.690. The minimum Gasteiger partial charge on any atom is -0.481 e. The number of carboxylic acid groups (broad SMARTS) is 1. The van der Waals surface area contributed by atoms with Crippen molar-refractivity contribution in [1.82, 2.24) is 5.32 Å². The summed E-state index contributed by atoms with van der Waals surface area (Å²) in [6.07, 6.45) is 0.843. The number of nitrogens with one attached hydrogen (secondary N) is 1. The van der Waals surface area contributed by atoms with Crippen LogP contribution in [0.3, 0.4) is 0 Å². The molecule has 1 rings (SSSR count). The lowest BCUT2D eigenvalue weighted by Gasteiger charge is -2.18. The minimum absolute atomic E-state index is 0.0537. The Morgan fingerprint density at radius 2 is 1.76 bits per heavy atom. The van der Waals surface area contributed by atoms with Crippen LogP contribution in [0.15, 0.2) is 27.1 Å². The second kappa shape index (κ2) is 8.54. The van der Waals surface area contributed by atoms with Gasteiger partial charge in [0.05, 0.1) is 0 Å². The molecule has 1 aromatic rings. The van der Waals surface area contributed by atoms with E-state index in [1.54, 1.807) is 12.1 Å². The van der Waals surface area contributed by atoms with Gasteiger partial charge in [-0.3, -0.25) is 9.59 Å². The maximum absolute atomic E-state index is 12.1. The summed E-state index contributed by atoms with van der Waals surface area (Å²) in [5, 5.41) is 11.7. The molecule has 0 bridgehead atoms. The first-order valence-corrected chi connectivity index (χ1v) is 8.32. The van der Waals surface area contributed by atoms with Crippen LogP contribution in [0.5, 0.6) is 0 Å². The summed E-state index contributed by atoms with van der Waals surface area (Å²) < 4.78 is 1.62. The number of carboxylic acids is 1. The monoisotopic (exact) mass is 419 g/mol. The summed E-state index contributed by atoms with van der Waals surface area (Å²) in [5.41, 5.74) is 0.537. The van der Waals surface area contributed by atoms with Crippen LogP contribution in [0.4, 0.5) is 0 Å². The first kappa shape index (κ1) is 18.2. The van der Waals surface area contributed by atoms with Crippen LogP contribution in [0.2, 0.25) is 0 Å². The zero-order valence-corrected chi connectivity index (χ0v) is 15.2. The number of carbonyl (C=O) groups is 2. The van der Waals surface area contributed by atoms with Crippen molar-refractivity contribution in [3.8, 4) is 0 Å². The molecule has 0 spiro atoms. The third-order valence-corrected chi connectivity index (χ3v) is 3.86. The summed E-state index contributed by atoms with van der Waals surface area (Å²) in [6, 6.07) is 5.31. The predicted molar refractivity (Wildman–Crippen MR) is 89.4 cm³/mol. The molecule has 21 heavy (non-hydrogen) atoms. The van der Waals surface area contributed by atoms with Crippen molar-refractivity contribution in [1.29, 1.82) is 0 Å². The third kappa shape index (κ3) is 7.09. The highest BCUT2D eigenvalue weighted by Gasteiger charge is 2.17. The Bertz CT molecular complexity index is 497. The van der Waals surface area contributed by atoms with Crippen molar-refractivity contribution >= 4 is 43.7 Å². The van der Waals surface area contributed by atoms with E-state index in [0.29, 0.717) is 18.0 Å². The van der Waals surface area contributed by atoms with Gasteiger partial charge in [0, 0.05) is 27.5 Å². The van der Waals surface area contributed by atoms with Crippen LogP contribution in [-0.4, -0.2) is 23.5 Å². The number of rotatable bonds is 7. The lowest BCUT2D eigenvalue weighted by molar-refractivity contribution is -0.138. The Morgan fingerprint density at radius 1 is 1.19 bits per heavy atom. The summed E-state index contributed by atoms with van der Waals surface area (Å²) in [6.45, 7) is 4.46. The number of carbonyl (C=O) groups excluding carboxylic acids is 1. The second-order valence-corrected chi connectivity index (χ2v) is 7.29. The number of hydrogen-bond donors (Lipinski definition) is 2. The average molecular weight is 421 g/mol. The molecular formula is C15H19Br2NO3. The first-order valence-electron chi connectivity index (χ1n) is 6.74. The van der Waals surface area contributed by atoms with Crippen molar-refractivity contribution in [2.24, 2.45) is 11.8 Å². The molecule has 116 valence electrons. The maximum atomic E-state index is 12.1. The van der Waals surface area contributed by atoms with E-state index in [1.807, 2.05) is 19.9 Å². The van der Waals surface area contributed by atoms with Gasteiger partial charge in [-0.1, -0.05) is 45.7 Å². The molecular weight excluding hydrogens is 402 g/mol. The first-order chi connectivity index (χ1) is 9.77. The highest BCUT2D eigenvalue weighted by Crippen LogP contribution is 2.20. The van der Waals surface area contributed by atoms with Gasteiger partial charge in [-0.2, -0.15) is 0 Å². The van der Waals surface area contributed by atoms with E-state index in [0.717, 1.165) is 15.4 Å². The van der Waals surface area contributed by atoms with E-state index in [1.165, 1.54) is 0 Å².